The predicted molar refractivity (Wildman–Crippen MR) is 88.4 cm³/mol. The zero-order chi connectivity index (χ0) is 16.6. The van der Waals surface area contributed by atoms with E-state index in [0.717, 1.165) is 18.4 Å². The molecule has 4 nitrogen and oxygen atoms in total. The van der Waals surface area contributed by atoms with Gasteiger partial charge in [0.25, 0.3) is 0 Å². The van der Waals surface area contributed by atoms with Crippen LogP contribution < -0.4 is 0 Å². The number of aryl methyl sites for hydroxylation is 1. The standard InChI is InChI=1S/C18H21ClO4/c1-11-8-13(19)5-6-14(11)15-16(20)18(23-17(15)21)7-3-4-12(9-18)10-22-2/h5-6,8,12,20H,3-4,7,9-10H2,1-2H3. The van der Waals surface area contributed by atoms with Crippen LogP contribution in [0.15, 0.2) is 24.0 Å². The van der Waals surface area contributed by atoms with E-state index in [0.29, 0.717) is 30.0 Å². The van der Waals surface area contributed by atoms with Gasteiger partial charge < -0.3 is 14.6 Å². The minimum Gasteiger partial charge on any atom is -0.507 e. The van der Waals surface area contributed by atoms with Crippen LogP contribution in [-0.2, 0) is 14.3 Å². The molecule has 0 bridgehead atoms. The highest BCUT2D eigenvalue weighted by molar-refractivity contribution is 6.31. The molecule has 124 valence electrons. The van der Waals surface area contributed by atoms with Crippen LogP contribution in [-0.4, -0.2) is 30.4 Å². The minimum absolute atomic E-state index is 0.0636. The molecule has 1 spiro atoms. The molecule has 1 N–H and O–H groups in total. The molecule has 1 aliphatic carbocycles. The van der Waals surface area contributed by atoms with Crippen LogP contribution in [0.4, 0.5) is 0 Å². The number of esters is 1. The Labute approximate surface area is 141 Å². The summed E-state index contributed by atoms with van der Waals surface area (Å²) in [5.41, 5.74) is 0.914. The lowest BCUT2D eigenvalue weighted by Crippen LogP contribution is -2.39. The van der Waals surface area contributed by atoms with Gasteiger partial charge in [-0.3, -0.25) is 0 Å². The first-order chi connectivity index (χ1) is 11.0. The van der Waals surface area contributed by atoms with Crippen molar-refractivity contribution in [1.82, 2.24) is 0 Å². The highest BCUT2D eigenvalue weighted by Crippen LogP contribution is 2.47. The largest absolute Gasteiger partial charge is 0.507 e. The molecule has 1 saturated carbocycles. The van der Waals surface area contributed by atoms with E-state index in [4.69, 9.17) is 21.1 Å². The van der Waals surface area contributed by atoms with Crippen LogP contribution in [0.1, 0.15) is 36.8 Å². The number of carbonyl (C=O) groups excluding carboxylic acids is 1. The normalized spacial score (nSPS) is 27.6. The fourth-order valence-corrected chi connectivity index (χ4v) is 4.01. The number of hydrogen-bond donors (Lipinski definition) is 1. The fourth-order valence-electron chi connectivity index (χ4n) is 3.78. The van der Waals surface area contributed by atoms with E-state index >= 15 is 0 Å². The van der Waals surface area contributed by atoms with Crippen molar-refractivity contribution < 1.29 is 19.4 Å². The van der Waals surface area contributed by atoms with Crippen molar-refractivity contribution in [1.29, 1.82) is 0 Å². The van der Waals surface area contributed by atoms with Gasteiger partial charge in [0.05, 0.1) is 0 Å². The molecule has 23 heavy (non-hydrogen) atoms. The number of rotatable bonds is 3. The van der Waals surface area contributed by atoms with Gasteiger partial charge in [-0.05, 0) is 61.8 Å². The lowest BCUT2D eigenvalue weighted by Gasteiger charge is -2.36. The highest BCUT2D eigenvalue weighted by atomic mass is 35.5. The topological polar surface area (TPSA) is 55.8 Å². The zero-order valence-electron chi connectivity index (χ0n) is 13.4. The number of benzene rings is 1. The summed E-state index contributed by atoms with van der Waals surface area (Å²) in [6.07, 6.45) is 3.18. The minimum atomic E-state index is -0.889. The van der Waals surface area contributed by atoms with Crippen molar-refractivity contribution in [3.05, 3.63) is 40.1 Å². The number of aliphatic hydroxyl groups excluding tert-OH is 1. The molecule has 1 aromatic carbocycles. The Balaban J connectivity index is 2.00. The summed E-state index contributed by atoms with van der Waals surface area (Å²) in [6.45, 7) is 2.48. The van der Waals surface area contributed by atoms with E-state index in [1.165, 1.54) is 0 Å². The third-order valence-electron chi connectivity index (χ3n) is 4.83. The second-order valence-corrected chi connectivity index (χ2v) is 6.92. The molecule has 1 fully saturated rings. The maximum absolute atomic E-state index is 12.5. The van der Waals surface area contributed by atoms with Crippen molar-refractivity contribution in [2.75, 3.05) is 13.7 Å². The summed E-state index contributed by atoms with van der Waals surface area (Å²) < 4.78 is 10.9. The molecule has 0 saturated heterocycles. The van der Waals surface area contributed by atoms with Crippen LogP contribution in [0.5, 0.6) is 0 Å². The van der Waals surface area contributed by atoms with Gasteiger partial charge in [-0.15, -0.1) is 0 Å². The highest BCUT2D eigenvalue weighted by Gasteiger charge is 2.51. The van der Waals surface area contributed by atoms with Gasteiger partial charge in [0.15, 0.2) is 11.4 Å². The number of aliphatic hydroxyl groups is 1. The van der Waals surface area contributed by atoms with Crippen molar-refractivity contribution in [3.8, 4) is 0 Å². The molecule has 1 heterocycles. The first-order valence-corrected chi connectivity index (χ1v) is 8.27. The van der Waals surface area contributed by atoms with Gasteiger partial charge in [-0.25, -0.2) is 4.79 Å². The number of halogens is 1. The number of hydrogen-bond acceptors (Lipinski definition) is 4. The van der Waals surface area contributed by atoms with Crippen molar-refractivity contribution in [3.63, 3.8) is 0 Å². The maximum Gasteiger partial charge on any atom is 0.343 e. The molecular formula is C18H21ClO4. The second-order valence-electron chi connectivity index (χ2n) is 6.48. The Morgan fingerprint density at radius 1 is 1.48 bits per heavy atom. The summed E-state index contributed by atoms with van der Waals surface area (Å²) in [4.78, 5) is 12.5. The quantitative estimate of drug-likeness (QED) is 0.846. The first-order valence-electron chi connectivity index (χ1n) is 7.89. The summed E-state index contributed by atoms with van der Waals surface area (Å²) in [5, 5.41) is 11.4. The molecule has 3 rings (SSSR count). The SMILES string of the molecule is COCC1CCCC2(C1)OC(=O)C(c1ccc(Cl)cc1C)=C2O. The van der Waals surface area contributed by atoms with Crippen molar-refractivity contribution in [2.24, 2.45) is 5.92 Å². The smallest absolute Gasteiger partial charge is 0.343 e. The van der Waals surface area contributed by atoms with Crippen LogP contribution in [0.25, 0.3) is 5.57 Å². The summed E-state index contributed by atoms with van der Waals surface area (Å²) in [7, 11) is 1.67. The Bertz CT molecular complexity index is 665. The summed E-state index contributed by atoms with van der Waals surface area (Å²) in [6, 6.07) is 5.26. The average molecular weight is 337 g/mol. The van der Waals surface area contributed by atoms with E-state index in [1.54, 1.807) is 25.3 Å². The third-order valence-corrected chi connectivity index (χ3v) is 5.07. The second kappa shape index (κ2) is 6.17. The van der Waals surface area contributed by atoms with Crippen LogP contribution in [0, 0.1) is 12.8 Å². The fraction of sp³-hybridized carbons (Fsp3) is 0.500. The third kappa shape index (κ3) is 2.86. The van der Waals surface area contributed by atoms with Crippen LogP contribution in [0.3, 0.4) is 0 Å². The Morgan fingerprint density at radius 2 is 2.26 bits per heavy atom. The van der Waals surface area contributed by atoms with Gasteiger partial charge in [0.2, 0.25) is 0 Å². The monoisotopic (exact) mass is 336 g/mol. The molecule has 0 radical (unpaired) electrons. The molecule has 0 amide bonds. The lowest BCUT2D eigenvalue weighted by molar-refractivity contribution is -0.151. The lowest BCUT2D eigenvalue weighted by atomic mass is 9.76. The Hall–Kier alpha value is -1.52. The van der Waals surface area contributed by atoms with E-state index in [9.17, 15) is 9.90 Å². The van der Waals surface area contributed by atoms with Gasteiger partial charge in [-0.1, -0.05) is 17.7 Å². The summed E-state index contributed by atoms with van der Waals surface area (Å²) >= 11 is 5.98. The molecule has 2 aliphatic rings. The van der Waals surface area contributed by atoms with E-state index in [-0.39, 0.29) is 17.3 Å². The Kier molecular flexibility index (Phi) is 4.39. The average Bonchev–Trinajstić information content (AvgIpc) is 2.71. The van der Waals surface area contributed by atoms with Gasteiger partial charge in [0.1, 0.15) is 5.57 Å². The molecule has 1 aromatic rings. The zero-order valence-corrected chi connectivity index (χ0v) is 14.2. The van der Waals surface area contributed by atoms with Gasteiger partial charge in [-0.2, -0.15) is 0 Å². The van der Waals surface area contributed by atoms with Gasteiger partial charge >= 0.3 is 5.97 Å². The summed E-state index contributed by atoms with van der Waals surface area (Å²) in [5.74, 6) is -0.103. The number of methoxy groups -OCH3 is 1. The molecule has 1 aliphatic heterocycles. The number of ether oxygens (including phenoxy) is 2. The van der Waals surface area contributed by atoms with E-state index < -0.39 is 11.6 Å². The molecule has 0 aromatic heterocycles. The molecular weight excluding hydrogens is 316 g/mol. The van der Waals surface area contributed by atoms with Gasteiger partial charge in [0, 0.05) is 18.7 Å². The van der Waals surface area contributed by atoms with E-state index in [1.807, 2.05) is 6.92 Å². The Morgan fingerprint density at radius 3 is 2.96 bits per heavy atom. The van der Waals surface area contributed by atoms with Crippen molar-refractivity contribution >= 4 is 23.1 Å². The molecule has 2 atom stereocenters. The molecule has 2 unspecified atom stereocenters. The number of carbonyl (C=O) groups is 1. The maximum atomic E-state index is 12.5. The van der Waals surface area contributed by atoms with Crippen LogP contribution >= 0.6 is 11.6 Å². The first kappa shape index (κ1) is 16.3. The van der Waals surface area contributed by atoms with Crippen molar-refractivity contribution in [2.45, 2.75) is 38.2 Å². The predicted octanol–water partition coefficient (Wildman–Crippen LogP) is 4.05. The van der Waals surface area contributed by atoms with E-state index in [2.05, 4.69) is 0 Å². The van der Waals surface area contributed by atoms with Crippen LogP contribution in [0.2, 0.25) is 5.02 Å². The molecule has 5 heteroatoms.